The van der Waals surface area contributed by atoms with Gasteiger partial charge in [0.25, 0.3) is 0 Å². The lowest BCUT2D eigenvalue weighted by molar-refractivity contribution is 0.0480. The summed E-state index contributed by atoms with van der Waals surface area (Å²) in [5.41, 5.74) is 1.24. The van der Waals surface area contributed by atoms with Crippen molar-refractivity contribution < 1.29 is 0 Å². The van der Waals surface area contributed by atoms with Crippen molar-refractivity contribution in [1.29, 1.82) is 5.26 Å². The molecule has 2 rings (SSSR count). The molecule has 0 aromatic heterocycles. The molecule has 0 bridgehead atoms. The van der Waals surface area contributed by atoms with Crippen LogP contribution in [0.1, 0.15) is 45.1 Å². The summed E-state index contributed by atoms with van der Waals surface area (Å²) in [7, 11) is 0. The second-order valence-corrected chi connectivity index (χ2v) is 5.70. The molecule has 0 spiro atoms. The summed E-state index contributed by atoms with van der Waals surface area (Å²) in [4.78, 5) is 0. The molecule has 0 radical (unpaired) electrons. The van der Waals surface area contributed by atoms with E-state index in [1.54, 1.807) is 0 Å². The number of hydrogen-bond acceptors (Lipinski definition) is 1. The smallest absolute Gasteiger partial charge is 0.0833 e. The van der Waals surface area contributed by atoms with Crippen LogP contribution in [0.4, 0.5) is 0 Å². The quantitative estimate of drug-likeness (QED) is 0.759. The lowest BCUT2D eigenvalue weighted by atomic mass is 9.49. The Morgan fingerprint density at radius 2 is 1.71 bits per heavy atom. The molecule has 1 aliphatic rings. The van der Waals surface area contributed by atoms with Crippen LogP contribution in [0.5, 0.6) is 0 Å². The Balaban J connectivity index is 2.26. The van der Waals surface area contributed by atoms with Gasteiger partial charge in [-0.25, -0.2) is 0 Å². The van der Waals surface area contributed by atoms with Gasteiger partial charge in [0.05, 0.1) is 11.5 Å². The first-order chi connectivity index (χ1) is 8.10. The van der Waals surface area contributed by atoms with Gasteiger partial charge in [-0.1, -0.05) is 50.4 Å². The number of hydrogen-bond donors (Lipinski definition) is 0. The van der Waals surface area contributed by atoms with Crippen molar-refractivity contribution in [1.82, 2.24) is 0 Å². The average Bonchev–Trinajstić information content (AvgIpc) is 2.32. The van der Waals surface area contributed by atoms with Gasteiger partial charge >= 0.3 is 0 Å². The number of halogens is 1. The second-order valence-electron chi connectivity index (χ2n) is 5.26. The van der Waals surface area contributed by atoms with Crippen LogP contribution < -0.4 is 0 Å². The molecule has 0 N–H and O–H groups in total. The van der Waals surface area contributed by atoms with Crippen LogP contribution in [0, 0.1) is 16.7 Å². The zero-order valence-corrected chi connectivity index (χ0v) is 11.2. The Labute approximate surface area is 108 Å². The minimum Gasteiger partial charge on any atom is -0.197 e. The van der Waals surface area contributed by atoms with E-state index in [4.69, 9.17) is 11.6 Å². The van der Waals surface area contributed by atoms with Gasteiger partial charge in [0.1, 0.15) is 0 Å². The van der Waals surface area contributed by atoms with Crippen LogP contribution >= 0.6 is 11.6 Å². The fourth-order valence-electron chi connectivity index (χ4n) is 3.10. The molecule has 1 fully saturated rings. The lowest BCUT2D eigenvalue weighted by Crippen LogP contribution is -2.48. The van der Waals surface area contributed by atoms with E-state index < -0.39 is 0 Å². The number of benzene rings is 1. The van der Waals surface area contributed by atoms with Crippen molar-refractivity contribution in [3.63, 3.8) is 0 Å². The minimum absolute atomic E-state index is 0.267. The Hall–Kier alpha value is -1.00. The maximum absolute atomic E-state index is 9.50. The van der Waals surface area contributed by atoms with Crippen molar-refractivity contribution >= 4 is 11.6 Å². The Kier molecular flexibility index (Phi) is 3.19. The summed E-state index contributed by atoms with van der Waals surface area (Å²) < 4.78 is 0. The standard InChI is InChI=1S/C15H18ClN/c1-3-14(4-2)9-15(10-14,11-17)12-5-7-13(16)8-6-12/h5-8H,3-4,9-10H2,1-2H3. The highest BCUT2D eigenvalue weighted by Gasteiger charge is 2.53. The van der Waals surface area contributed by atoms with Crippen molar-refractivity contribution in [2.75, 3.05) is 0 Å². The molecule has 1 aliphatic carbocycles. The largest absolute Gasteiger partial charge is 0.197 e. The van der Waals surface area contributed by atoms with E-state index in [9.17, 15) is 5.26 Å². The van der Waals surface area contributed by atoms with Gasteiger partial charge in [-0.3, -0.25) is 0 Å². The van der Waals surface area contributed by atoms with Gasteiger partial charge < -0.3 is 0 Å². The molecular formula is C15H18ClN. The second kappa shape index (κ2) is 4.35. The molecule has 90 valence electrons. The van der Waals surface area contributed by atoms with E-state index in [-0.39, 0.29) is 5.41 Å². The Morgan fingerprint density at radius 3 is 2.12 bits per heavy atom. The first-order valence-corrected chi connectivity index (χ1v) is 6.65. The molecule has 2 heteroatoms. The first kappa shape index (κ1) is 12.5. The summed E-state index contributed by atoms with van der Waals surface area (Å²) in [6.45, 7) is 4.46. The third-order valence-corrected chi connectivity index (χ3v) is 4.72. The van der Waals surface area contributed by atoms with Crippen molar-refractivity contribution in [2.45, 2.75) is 44.9 Å². The summed E-state index contributed by atoms with van der Waals surface area (Å²) in [6.07, 6.45) is 4.32. The van der Waals surface area contributed by atoms with Gasteiger partial charge in [0, 0.05) is 5.02 Å². The highest BCUT2D eigenvalue weighted by atomic mass is 35.5. The van der Waals surface area contributed by atoms with Crippen molar-refractivity contribution in [2.24, 2.45) is 5.41 Å². The summed E-state index contributed by atoms with van der Waals surface area (Å²) in [5, 5.41) is 10.2. The highest BCUT2D eigenvalue weighted by molar-refractivity contribution is 6.30. The predicted molar refractivity (Wildman–Crippen MR) is 71.0 cm³/mol. The molecule has 0 atom stereocenters. The molecule has 0 unspecified atom stereocenters. The van der Waals surface area contributed by atoms with Crippen LogP contribution in [-0.2, 0) is 5.41 Å². The SMILES string of the molecule is CCC1(CC)CC(C#N)(c2ccc(Cl)cc2)C1. The van der Waals surface area contributed by atoms with Gasteiger partial charge in [-0.2, -0.15) is 5.26 Å². The van der Waals surface area contributed by atoms with Crippen LogP contribution in [-0.4, -0.2) is 0 Å². The Bertz CT molecular complexity index is 429. The van der Waals surface area contributed by atoms with Crippen LogP contribution in [0.15, 0.2) is 24.3 Å². The topological polar surface area (TPSA) is 23.8 Å². The fraction of sp³-hybridized carbons (Fsp3) is 0.533. The Morgan fingerprint density at radius 1 is 1.18 bits per heavy atom. The van der Waals surface area contributed by atoms with E-state index >= 15 is 0 Å². The molecule has 0 heterocycles. The number of rotatable bonds is 3. The van der Waals surface area contributed by atoms with E-state index in [0.29, 0.717) is 5.41 Å². The molecule has 1 aromatic rings. The molecule has 1 nitrogen and oxygen atoms in total. The molecule has 0 aliphatic heterocycles. The number of nitriles is 1. The van der Waals surface area contributed by atoms with Crippen LogP contribution in [0.25, 0.3) is 0 Å². The first-order valence-electron chi connectivity index (χ1n) is 6.27. The molecule has 1 aromatic carbocycles. The number of nitrogens with zero attached hydrogens (tertiary/aromatic N) is 1. The van der Waals surface area contributed by atoms with E-state index in [2.05, 4.69) is 19.9 Å². The zero-order chi connectivity index (χ0) is 12.5. The monoisotopic (exact) mass is 247 g/mol. The third kappa shape index (κ3) is 1.96. The molecule has 17 heavy (non-hydrogen) atoms. The molecule has 1 saturated carbocycles. The summed E-state index contributed by atoms with van der Waals surface area (Å²) >= 11 is 5.89. The molecule has 0 amide bonds. The van der Waals surface area contributed by atoms with Gasteiger partial charge in [0.15, 0.2) is 0 Å². The average molecular weight is 248 g/mol. The van der Waals surface area contributed by atoms with E-state index in [1.807, 2.05) is 24.3 Å². The normalized spacial score (nSPS) is 20.4. The summed E-state index contributed by atoms with van der Waals surface area (Å²) in [5.74, 6) is 0. The maximum atomic E-state index is 9.50. The van der Waals surface area contributed by atoms with Gasteiger partial charge in [-0.05, 0) is 36.0 Å². The predicted octanol–water partition coefficient (Wildman–Crippen LogP) is 4.70. The third-order valence-electron chi connectivity index (χ3n) is 4.46. The van der Waals surface area contributed by atoms with Crippen LogP contribution in [0.3, 0.4) is 0 Å². The minimum atomic E-state index is -0.267. The molecule has 0 saturated heterocycles. The van der Waals surface area contributed by atoms with Gasteiger partial charge in [-0.15, -0.1) is 0 Å². The fourth-order valence-corrected chi connectivity index (χ4v) is 3.22. The lowest BCUT2D eigenvalue weighted by Gasteiger charge is -2.53. The van der Waals surface area contributed by atoms with Crippen LogP contribution in [0.2, 0.25) is 5.02 Å². The molecular weight excluding hydrogens is 230 g/mol. The van der Waals surface area contributed by atoms with Gasteiger partial charge in [0.2, 0.25) is 0 Å². The summed E-state index contributed by atoms with van der Waals surface area (Å²) in [6, 6.07) is 10.3. The van der Waals surface area contributed by atoms with Crippen molar-refractivity contribution in [3.8, 4) is 6.07 Å². The van der Waals surface area contributed by atoms with Crippen molar-refractivity contribution in [3.05, 3.63) is 34.9 Å². The van der Waals surface area contributed by atoms with E-state index in [1.165, 1.54) is 12.8 Å². The zero-order valence-electron chi connectivity index (χ0n) is 10.5. The highest BCUT2D eigenvalue weighted by Crippen LogP contribution is 2.58. The van der Waals surface area contributed by atoms with E-state index in [0.717, 1.165) is 23.4 Å². The maximum Gasteiger partial charge on any atom is 0.0833 e.